The van der Waals surface area contributed by atoms with Crippen LogP contribution >= 0.6 is 11.6 Å². The largest absolute Gasteiger partial charge is 0.494 e. The van der Waals surface area contributed by atoms with Crippen molar-refractivity contribution in [2.24, 2.45) is 16.5 Å². The molecule has 236 valence electrons. The van der Waals surface area contributed by atoms with Gasteiger partial charge >= 0.3 is 0 Å². The monoisotopic (exact) mass is 621 g/mol. The van der Waals surface area contributed by atoms with E-state index in [-0.39, 0.29) is 40.4 Å². The molecule has 2 aromatic rings. The molecule has 0 aliphatic carbocycles. The van der Waals surface area contributed by atoms with Gasteiger partial charge in [0.05, 0.1) is 30.6 Å². The van der Waals surface area contributed by atoms with Crippen molar-refractivity contribution in [1.29, 1.82) is 0 Å². The first-order valence-electron chi connectivity index (χ1n) is 14.5. The molecule has 2 heterocycles. The lowest BCUT2D eigenvalue weighted by molar-refractivity contribution is -0.138. The van der Waals surface area contributed by atoms with E-state index in [1.807, 2.05) is 16.8 Å². The number of benzene rings is 2. The maximum Gasteiger partial charge on any atom is 0.239 e. The highest BCUT2D eigenvalue weighted by atomic mass is 35.5. The van der Waals surface area contributed by atoms with Gasteiger partial charge in [0.25, 0.3) is 0 Å². The summed E-state index contributed by atoms with van der Waals surface area (Å²) in [5.41, 5.74) is 13.5. The quantitative estimate of drug-likeness (QED) is 0.206. The molecule has 4 rings (SSSR count). The summed E-state index contributed by atoms with van der Waals surface area (Å²) in [5, 5.41) is 3.33. The average molecular weight is 622 g/mol. The van der Waals surface area contributed by atoms with Crippen molar-refractivity contribution in [2.75, 3.05) is 52.8 Å². The molecule has 0 saturated carbocycles. The number of likely N-dealkylation sites (N-methyl/N-ethyl adjacent to an activating group) is 1. The van der Waals surface area contributed by atoms with Gasteiger partial charge in [-0.2, -0.15) is 0 Å². The van der Waals surface area contributed by atoms with Gasteiger partial charge in [-0.15, -0.1) is 0 Å². The van der Waals surface area contributed by atoms with Gasteiger partial charge in [0.2, 0.25) is 5.91 Å². The molecule has 2 saturated heterocycles. The Kier molecular flexibility index (Phi) is 11.0. The van der Waals surface area contributed by atoms with E-state index in [1.54, 1.807) is 20.1 Å². The van der Waals surface area contributed by atoms with Gasteiger partial charge in [-0.1, -0.05) is 11.6 Å². The number of carbonyl (C=O) groups is 1. The van der Waals surface area contributed by atoms with Crippen molar-refractivity contribution in [2.45, 2.75) is 57.0 Å². The number of guanidine groups is 1. The molecular formula is C30H42ClF2N7O3. The number of nitrogens with two attached hydrogens (primary N) is 2. The number of methoxy groups -OCH3 is 2. The molecule has 3 atom stereocenters. The zero-order chi connectivity index (χ0) is 31.3. The Morgan fingerprint density at radius 1 is 1.16 bits per heavy atom. The van der Waals surface area contributed by atoms with Crippen molar-refractivity contribution in [3.05, 3.63) is 52.6 Å². The third-order valence-corrected chi connectivity index (χ3v) is 8.59. The molecule has 0 radical (unpaired) electrons. The van der Waals surface area contributed by atoms with Crippen LogP contribution in [0.3, 0.4) is 0 Å². The zero-order valence-electron chi connectivity index (χ0n) is 25.2. The molecule has 3 unspecified atom stereocenters. The molecule has 0 spiro atoms. The average Bonchev–Trinajstić information content (AvgIpc) is 3.46. The number of carbonyl (C=O) groups excluding carboxylic acids is 1. The number of likely N-dealkylation sites (tertiary alicyclic amines) is 2. The fourth-order valence-corrected chi connectivity index (χ4v) is 5.96. The van der Waals surface area contributed by atoms with Crippen molar-refractivity contribution in [3.63, 3.8) is 0 Å². The van der Waals surface area contributed by atoms with Crippen LogP contribution in [0.2, 0.25) is 5.02 Å². The van der Waals surface area contributed by atoms with E-state index in [2.05, 4.69) is 15.2 Å². The Labute approximate surface area is 256 Å². The molecule has 43 heavy (non-hydrogen) atoms. The van der Waals surface area contributed by atoms with Gasteiger partial charge in [-0.05, 0) is 63.4 Å². The maximum atomic E-state index is 14.8. The van der Waals surface area contributed by atoms with Gasteiger partial charge in [0, 0.05) is 56.5 Å². The SMILES string of the molecule is COc1cc(N=C(N)N2CCC(N(C)C(=O)C3CCCN3CC(N)OC)CC2)c(C(C)Nc2ccc(Cl)cc2F)cc1F. The lowest BCUT2D eigenvalue weighted by Crippen LogP contribution is -2.53. The smallest absolute Gasteiger partial charge is 0.239 e. The summed E-state index contributed by atoms with van der Waals surface area (Å²) >= 11 is 5.88. The van der Waals surface area contributed by atoms with E-state index in [0.717, 1.165) is 32.2 Å². The Hall–Kier alpha value is -3.19. The number of piperidine rings is 1. The van der Waals surface area contributed by atoms with Crippen molar-refractivity contribution < 1.29 is 23.0 Å². The van der Waals surface area contributed by atoms with Crippen molar-refractivity contribution >= 4 is 34.8 Å². The summed E-state index contributed by atoms with van der Waals surface area (Å²) in [6.07, 6.45) is 2.76. The van der Waals surface area contributed by atoms with E-state index >= 15 is 0 Å². The number of ether oxygens (including phenoxy) is 2. The van der Waals surface area contributed by atoms with Crippen LogP contribution in [0.4, 0.5) is 20.2 Å². The number of hydrogen-bond acceptors (Lipinski definition) is 7. The second-order valence-corrected chi connectivity index (χ2v) is 11.5. The predicted molar refractivity (Wildman–Crippen MR) is 165 cm³/mol. The maximum absolute atomic E-state index is 14.8. The van der Waals surface area contributed by atoms with Gasteiger partial charge in [-0.3, -0.25) is 9.69 Å². The topological polar surface area (TPSA) is 122 Å². The molecule has 2 aliphatic heterocycles. The second-order valence-electron chi connectivity index (χ2n) is 11.1. The number of hydrogen-bond donors (Lipinski definition) is 3. The van der Waals surface area contributed by atoms with E-state index in [4.69, 9.17) is 32.5 Å². The number of anilines is 1. The predicted octanol–water partition coefficient (Wildman–Crippen LogP) is 4.06. The number of halogens is 3. The van der Waals surface area contributed by atoms with Crippen LogP contribution in [0.1, 0.15) is 44.2 Å². The van der Waals surface area contributed by atoms with E-state index in [0.29, 0.717) is 30.9 Å². The standard InChI is InChI=1S/C30H42ClF2N7O3/c1-18(36-24-8-7-19(31)14-22(24)32)21-15-23(33)27(42-3)16-25(21)37-30(35)39-12-9-20(10-13-39)38(2)29(41)26-6-5-11-40(26)17-28(34)43-4/h7-8,14-16,18,20,26,28,36H,5-6,9-13,17,34H2,1-4H3,(H2,35,37). The number of nitrogens with zero attached hydrogens (tertiary/aromatic N) is 4. The molecule has 2 fully saturated rings. The first-order valence-corrected chi connectivity index (χ1v) is 14.9. The number of rotatable bonds is 10. The van der Waals surface area contributed by atoms with Crippen molar-refractivity contribution in [1.82, 2.24) is 14.7 Å². The fourth-order valence-electron chi connectivity index (χ4n) is 5.80. The fraction of sp³-hybridized carbons (Fsp3) is 0.533. The Bertz CT molecular complexity index is 1310. The molecule has 2 aliphatic rings. The molecule has 2 aromatic carbocycles. The summed E-state index contributed by atoms with van der Waals surface area (Å²) in [6, 6.07) is 6.44. The van der Waals surface area contributed by atoms with E-state index < -0.39 is 23.9 Å². The van der Waals surface area contributed by atoms with Crippen LogP contribution in [0.5, 0.6) is 5.75 Å². The molecular weight excluding hydrogens is 580 g/mol. The number of nitrogens with one attached hydrogen (secondary N) is 1. The van der Waals surface area contributed by atoms with Gasteiger partial charge in [-0.25, -0.2) is 13.8 Å². The lowest BCUT2D eigenvalue weighted by Gasteiger charge is -2.39. The van der Waals surface area contributed by atoms with Gasteiger partial charge in [0.15, 0.2) is 17.5 Å². The van der Waals surface area contributed by atoms with Crippen LogP contribution in [0.15, 0.2) is 35.3 Å². The van der Waals surface area contributed by atoms with Gasteiger partial charge < -0.3 is 36.1 Å². The first kappa shape index (κ1) is 32.7. The Morgan fingerprint density at radius 2 is 1.88 bits per heavy atom. The molecule has 0 bridgehead atoms. The number of aliphatic imine (C=N–C) groups is 1. The Balaban J connectivity index is 1.44. The van der Waals surface area contributed by atoms with Crippen LogP contribution in [-0.2, 0) is 9.53 Å². The Morgan fingerprint density at radius 3 is 2.53 bits per heavy atom. The normalized spacial score (nSPS) is 19.8. The molecule has 0 aromatic heterocycles. The minimum absolute atomic E-state index is 0.0198. The molecule has 13 heteroatoms. The number of amides is 1. The highest BCUT2D eigenvalue weighted by molar-refractivity contribution is 6.30. The van der Waals surface area contributed by atoms with Crippen LogP contribution in [-0.4, -0.2) is 92.3 Å². The highest BCUT2D eigenvalue weighted by Crippen LogP contribution is 2.35. The minimum atomic E-state index is -0.571. The molecule has 5 N–H and O–H groups in total. The summed E-state index contributed by atoms with van der Waals surface area (Å²) in [4.78, 5) is 24.0. The van der Waals surface area contributed by atoms with Crippen LogP contribution in [0.25, 0.3) is 0 Å². The summed E-state index contributed by atoms with van der Waals surface area (Å²) < 4.78 is 39.6. The second kappa shape index (κ2) is 14.5. The summed E-state index contributed by atoms with van der Waals surface area (Å²) in [7, 11) is 4.81. The van der Waals surface area contributed by atoms with Crippen LogP contribution < -0.4 is 21.5 Å². The third kappa shape index (κ3) is 7.86. The lowest BCUT2D eigenvalue weighted by atomic mass is 10.0. The first-order chi connectivity index (χ1) is 20.5. The minimum Gasteiger partial charge on any atom is -0.494 e. The zero-order valence-corrected chi connectivity index (χ0v) is 25.9. The van der Waals surface area contributed by atoms with Crippen LogP contribution in [0, 0.1) is 11.6 Å². The van der Waals surface area contributed by atoms with Gasteiger partial charge in [0.1, 0.15) is 12.0 Å². The highest BCUT2D eigenvalue weighted by Gasteiger charge is 2.36. The summed E-state index contributed by atoms with van der Waals surface area (Å²) in [6.45, 7) is 4.31. The summed E-state index contributed by atoms with van der Waals surface area (Å²) in [5.74, 6) is -0.709. The van der Waals surface area contributed by atoms with E-state index in [9.17, 15) is 13.6 Å². The van der Waals surface area contributed by atoms with Crippen molar-refractivity contribution in [3.8, 4) is 5.75 Å². The van der Waals surface area contributed by atoms with E-state index in [1.165, 1.54) is 31.4 Å². The third-order valence-electron chi connectivity index (χ3n) is 8.36. The molecule has 1 amide bonds. The molecule has 10 nitrogen and oxygen atoms in total.